The van der Waals surface area contributed by atoms with Crippen molar-refractivity contribution in [2.75, 3.05) is 0 Å². The van der Waals surface area contributed by atoms with Gasteiger partial charge in [0.2, 0.25) is 5.43 Å². The molecule has 0 bridgehead atoms. The lowest BCUT2D eigenvalue weighted by molar-refractivity contribution is 0.0953. The van der Waals surface area contributed by atoms with Crippen LogP contribution in [0.1, 0.15) is 16.1 Å². The Hall–Kier alpha value is -2.93. The first kappa shape index (κ1) is 13.1. The molecule has 7 nitrogen and oxygen atoms in total. The Labute approximate surface area is 118 Å². The molecule has 3 aromatic rings. The average molecular weight is 284 g/mol. The number of nitrogen functional groups attached to an aromatic ring is 1. The fraction of sp³-hybridized carbons (Fsp3) is 0.0714. The molecule has 0 spiro atoms. The second kappa shape index (κ2) is 5.22. The Bertz CT molecular complexity index is 866. The molecule has 3 N–H and O–H groups in total. The van der Waals surface area contributed by atoms with E-state index in [0.717, 1.165) is 0 Å². The third kappa shape index (κ3) is 2.41. The number of nitrogens with two attached hydrogens (primary N) is 1. The van der Waals surface area contributed by atoms with Gasteiger partial charge in [0.15, 0.2) is 0 Å². The van der Waals surface area contributed by atoms with E-state index in [1.807, 2.05) is 11.5 Å². The zero-order chi connectivity index (χ0) is 14.8. The van der Waals surface area contributed by atoms with Crippen LogP contribution in [-0.2, 0) is 6.54 Å². The molecule has 0 atom stereocenters. The highest BCUT2D eigenvalue weighted by atomic mass is 16.3. The number of fused-ring (bicyclic) bond motifs is 1. The number of rotatable bonds is 3. The zero-order valence-corrected chi connectivity index (χ0v) is 10.9. The molecule has 0 saturated carbocycles. The number of carbonyl (C=O) groups excluding carboxylic acids is 1. The van der Waals surface area contributed by atoms with Crippen LogP contribution in [0.5, 0.6) is 0 Å². The van der Waals surface area contributed by atoms with Crippen molar-refractivity contribution in [2.45, 2.75) is 6.54 Å². The maximum absolute atomic E-state index is 11.7. The maximum atomic E-state index is 11.7. The number of hydrogen-bond donors (Lipinski definition) is 2. The minimum Gasteiger partial charge on any atom is -0.467 e. The van der Waals surface area contributed by atoms with E-state index >= 15 is 0 Å². The smallest absolute Gasteiger partial charge is 0.268 e. The van der Waals surface area contributed by atoms with E-state index in [0.29, 0.717) is 28.8 Å². The molecule has 0 radical (unpaired) electrons. The zero-order valence-electron chi connectivity index (χ0n) is 10.9. The molecule has 3 rings (SSSR count). The predicted molar refractivity (Wildman–Crippen MR) is 75.5 cm³/mol. The minimum atomic E-state index is -0.428. The first-order valence-electron chi connectivity index (χ1n) is 6.22. The van der Waals surface area contributed by atoms with Gasteiger partial charge in [-0.15, -0.1) is 0 Å². The molecule has 1 aromatic carbocycles. The van der Waals surface area contributed by atoms with Crippen molar-refractivity contribution < 1.29 is 9.21 Å². The topological polar surface area (TPSA) is 103 Å². The fourth-order valence-corrected chi connectivity index (χ4v) is 2.10. The molecule has 0 aliphatic rings. The van der Waals surface area contributed by atoms with Gasteiger partial charge in [-0.3, -0.25) is 19.7 Å². The van der Waals surface area contributed by atoms with E-state index < -0.39 is 5.91 Å². The van der Waals surface area contributed by atoms with Crippen LogP contribution in [0.3, 0.4) is 0 Å². The van der Waals surface area contributed by atoms with Gasteiger partial charge in [-0.05, 0) is 18.2 Å². The molecule has 2 aromatic heterocycles. The SMILES string of the molecule is NNC(=O)c1coc(Cn2ncc(=O)c3ccccc32)c1. The lowest BCUT2D eigenvalue weighted by Gasteiger charge is -2.06. The van der Waals surface area contributed by atoms with Crippen molar-refractivity contribution in [1.82, 2.24) is 15.2 Å². The van der Waals surface area contributed by atoms with Gasteiger partial charge in [-0.1, -0.05) is 12.1 Å². The van der Waals surface area contributed by atoms with Gasteiger partial charge >= 0.3 is 0 Å². The summed E-state index contributed by atoms with van der Waals surface area (Å²) in [6.45, 7) is 0.304. The van der Waals surface area contributed by atoms with E-state index in [1.165, 1.54) is 12.5 Å². The molecule has 21 heavy (non-hydrogen) atoms. The quantitative estimate of drug-likeness (QED) is 0.417. The highest BCUT2D eigenvalue weighted by Gasteiger charge is 2.10. The average Bonchev–Trinajstić information content (AvgIpc) is 2.98. The number of nitrogens with one attached hydrogen (secondary N) is 1. The summed E-state index contributed by atoms with van der Waals surface area (Å²) < 4.78 is 6.95. The largest absolute Gasteiger partial charge is 0.467 e. The van der Waals surface area contributed by atoms with Crippen molar-refractivity contribution in [3.8, 4) is 0 Å². The highest BCUT2D eigenvalue weighted by Crippen LogP contribution is 2.13. The molecule has 0 aliphatic carbocycles. The summed E-state index contributed by atoms with van der Waals surface area (Å²) in [5.41, 5.74) is 2.93. The third-order valence-corrected chi connectivity index (χ3v) is 3.11. The summed E-state index contributed by atoms with van der Waals surface area (Å²) in [4.78, 5) is 23.1. The second-order valence-electron chi connectivity index (χ2n) is 4.46. The number of aromatic nitrogens is 2. The van der Waals surface area contributed by atoms with Crippen LogP contribution >= 0.6 is 0 Å². The van der Waals surface area contributed by atoms with Crippen molar-refractivity contribution in [2.24, 2.45) is 5.84 Å². The molecule has 0 aliphatic heterocycles. The molecule has 2 heterocycles. The molecule has 0 unspecified atom stereocenters. The molecular formula is C14H12N4O3. The molecule has 0 fully saturated rings. The van der Waals surface area contributed by atoms with E-state index in [1.54, 1.807) is 28.9 Å². The summed E-state index contributed by atoms with van der Waals surface area (Å²) >= 11 is 0. The predicted octanol–water partition coefficient (Wildman–Crippen LogP) is 0.641. The van der Waals surface area contributed by atoms with Gasteiger partial charge in [0, 0.05) is 5.39 Å². The summed E-state index contributed by atoms with van der Waals surface area (Å²) in [7, 11) is 0. The Morgan fingerprint density at radius 3 is 3.00 bits per heavy atom. The minimum absolute atomic E-state index is 0.135. The standard InChI is InChI=1S/C14H12N4O3/c15-17-14(20)9-5-10(21-8-9)7-18-12-4-2-1-3-11(12)13(19)6-16-18/h1-6,8H,7,15H2,(H,17,20). The highest BCUT2D eigenvalue weighted by molar-refractivity contribution is 5.93. The number of furan rings is 1. The summed E-state index contributed by atoms with van der Waals surface area (Å²) in [5.74, 6) is 5.17. The number of nitrogens with zero attached hydrogens (tertiary/aromatic N) is 2. The first-order valence-corrected chi connectivity index (χ1v) is 6.22. The van der Waals surface area contributed by atoms with E-state index in [4.69, 9.17) is 10.3 Å². The van der Waals surface area contributed by atoms with Gasteiger partial charge < -0.3 is 4.42 Å². The fourth-order valence-electron chi connectivity index (χ4n) is 2.10. The molecular weight excluding hydrogens is 272 g/mol. The van der Waals surface area contributed by atoms with Gasteiger partial charge in [0.1, 0.15) is 12.0 Å². The lowest BCUT2D eigenvalue weighted by Crippen LogP contribution is -2.29. The maximum Gasteiger partial charge on any atom is 0.268 e. The van der Waals surface area contributed by atoms with Gasteiger partial charge in [0.25, 0.3) is 5.91 Å². The Kier molecular flexibility index (Phi) is 3.25. The van der Waals surface area contributed by atoms with Crippen LogP contribution in [0.4, 0.5) is 0 Å². The summed E-state index contributed by atoms with van der Waals surface area (Å²) in [6.07, 6.45) is 2.58. The van der Waals surface area contributed by atoms with Crippen molar-refractivity contribution >= 4 is 16.8 Å². The van der Waals surface area contributed by atoms with E-state index in [2.05, 4.69) is 5.10 Å². The van der Waals surface area contributed by atoms with Crippen molar-refractivity contribution in [3.05, 3.63) is 64.3 Å². The number of hydrogen-bond acceptors (Lipinski definition) is 5. The number of amides is 1. The number of para-hydroxylation sites is 1. The monoisotopic (exact) mass is 284 g/mol. The normalized spacial score (nSPS) is 10.7. The molecule has 106 valence electrons. The van der Waals surface area contributed by atoms with E-state index in [9.17, 15) is 9.59 Å². The van der Waals surface area contributed by atoms with Crippen LogP contribution in [-0.4, -0.2) is 15.7 Å². The van der Waals surface area contributed by atoms with Gasteiger partial charge in [0.05, 0.1) is 23.8 Å². The number of hydrazine groups is 1. The number of carbonyl (C=O) groups is 1. The molecule has 0 saturated heterocycles. The molecule has 1 amide bonds. The number of benzene rings is 1. The first-order chi connectivity index (χ1) is 10.2. The lowest BCUT2D eigenvalue weighted by atomic mass is 10.2. The Balaban J connectivity index is 1.99. The van der Waals surface area contributed by atoms with Crippen LogP contribution in [0.25, 0.3) is 10.9 Å². The molecule has 7 heteroatoms. The van der Waals surface area contributed by atoms with Crippen LogP contribution in [0.2, 0.25) is 0 Å². The van der Waals surface area contributed by atoms with Crippen LogP contribution in [0.15, 0.2) is 52.0 Å². The Morgan fingerprint density at radius 1 is 1.38 bits per heavy atom. The van der Waals surface area contributed by atoms with Gasteiger partial charge in [-0.25, -0.2) is 5.84 Å². The second-order valence-corrected chi connectivity index (χ2v) is 4.46. The summed E-state index contributed by atoms with van der Waals surface area (Å²) in [5, 5.41) is 4.68. The van der Waals surface area contributed by atoms with Crippen molar-refractivity contribution in [3.63, 3.8) is 0 Å². The van der Waals surface area contributed by atoms with Crippen LogP contribution in [0, 0.1) is 0 Å². The van der Waals surface area contributed by atoms with E-state index in [-0.39, 0.29) is 5.43 Å². The van der Waals surface area contributed by atoms with Gasteiger partial charge in [-0.2, -0.15) is 5.10 Å². The Morgan fingerprint density at radius 2 is 2.19 bits per heavy atom. The van der Waals surface area contributed by atoms with Crippen molar-refractivity contribution in [1.29, 1.82) is 0 Å². The third-order valence-electron chi connectivity index (χ3n) is 3.11. The summed E-state index contributed by atoms with van der Waals surface area (Å²) in [6, 6.07) is 8.75. The van der Waals surface area contributed by atoms with Crippen LogP contribution < -0.4 is 16.7 Å².